The van der Waals surface area contributed by atoms with Crippen LogP contribution in [0.1, 0.15) is 81.0 Å². The van der Waals surface area contributed by atoms with E-state index in [0.717, 1.165) is 86.9 Å². The fourth-order valence-corrected chi connectivity index (χ4v) is 9.29. The Morgan fingerprint density at radius 1 is 1.12 bits per heavy atom. The maximum atomic E-state index is 13.0. The summed E-state index contributed by atoms with van der Waals surface area (Å²) in [6.07, 6.45) is 1.45. The summed E-state index contributed by atoms with van der Waals surface area (Å²) in [5.74, 6) is 0.596. The van der Waals surface area contributed by atoms with Crippen LogP contribution in [0, 0.1) is 23.7 Å². The van der Waals surface area contributed by atoms with Crippen molar-refractivity contribution < 1.29 is 22.7 Å². The van der Waals surface area contributed by atoms with Gasteiger partial charge in [-0.1, -0.05) is 6.07 Å². The summed E-state index contributed by atoms with van der Waals surface area (Å²) in [7, 11) is 0. The number of nitrogens with one attached hydrogen (secondary N) is 2. The molecule has 1 aliphatic heterocycles. The Morgan fingerprint density at radius 3 is 2.53 bits per heavy atom. The summed E-state index contributed by atoms with van der Waals surface area (Å²) >= 11 is 1.06. The number of fused-ring (bicyclic) bond motifs is 2. The molecule has 13 heteroatoms. The lowest BCUT2D eigenvalue weighted by Crippen LogP contribution is -2.74. The first-order valence-electron chi connectivity index (χ1n) is 16.9. The van der Waals surface area contributed by atoms with Crippen molar-refractivity contribution in [3.8, 4) is 6.07 Å². The van der Waals surface area contributed by atoms with Crippen molar-refractivity contribution in [3.63, 3.8) is 0 Å². The number of alkyl halides is 3. The monoisotopic (exact) mass is 693 g/mol. The molecular formula is C36H42F3N7O2S. The standard InChI is InChI=1S/C36H42F3N7O2S/c1-22-23(17-45-10-7-24(8-11-45)43-30-28-14-26(15-36(37,38)39)49-31(28)42-21-41-30)5-6-29-27(22)13-25(16-40)46(29)12-9-34-18-35(19-34,20-34)44-32(47)48-33(2,3)4/h5-6,13-14,21,24H,7-12,15,17-20H2,1-4H3,(H,44,47)(H,41,42,43). The van der Waals surface area contributed by atoms with E-state index in [2.05, 4.69) is 55.2 Å². The number of benzene rings is 1. The van der Waals surface area contributed by atoms with Crippen LogP contribution in [0.5, 0.6) is 0 Å². The number of carbonyl (C=O) groups is 1. The third-order valence-electron chi connectivity index (χ3n) is 10.4. The van der Waals surface area contributed by atoms with E-state index in [1.807, 2.05) is 26.8 Å². The van der Waals surface area contributed by atoms with Crippen LogP contribution in [0.4, 0.5) is 23.8 Å². The van der Waals surface area contributed by atoms with Crippen molar-refractivity contribution in [3.05, 3.63) is 52.3 Å². The predicted molar refractivity (Wildman–Crippen MR) is 183 cm³/mol. The number of nitrogens with zero attached hydrogens (tertiary/aromatic N) is 5. The zero-order valence-electron chi connectivity index (χ0n) is 28.3. The molecule has 49 heavy (non-hydrogen) atoms. The van der Waals surface area contributed by atoms with Crippen molar-refractivity contribution in [2.24, 2.45) is 5.41 Å². The molecule has 1 amide bonds. The summed E-state index contributed by atoms with van der Waals surface area (Å²) in [4.78, 5) is 24.1. The first kappa shape index (κ1) is 33.6. The fraction of sp³-hybridized carbons (Fsp3) is 0.556. The van der Waals surface area contributed by atoms with Crippen molar-refractivity contribution in [1.29, 1.82) is 5.26 Å². The molecular weight excluding hydrogens is 652 g/mol. The van der Waals surface area contributed by atoms with E-state index in [-0.39, 0.29) is 28.0 Å². The number of thiophene rings is 1. The van der Waals surface area contributed by atoms with Gasteiger partial charge in [0, 0.05) is 53.5 Å². The number of rotatable bonds is 9. The number of hydrogen-bond acceptors (Lipinski definition) is 8. The quantitative estimate of drug-likeness (QED) is 0.184. The minimum atomic E-state index is -4.26. The summed E-state index contributed by atoms with van der Waals surface area (Å²) in [5.41, 5.74) is 3.75. The minimum absolute atomic E-state index is 0.134. The van der Waals surface area contributed by atoms with E-state index < -0.39 is 18.2 Å². The highest BCUT2D eigenvalue weighted by Gasteiger charge is 2.68. The van der Waals surface area contributed by atoms with Crippen molar-refractivity contribution >= 4 is 44.4 Å². The van der Waals surface area contributed by atoms with Crippen LogP contribution < -0.4 is 10.6 Å². The van der Waals surface area contributed by atoms with Crippen LogP contribution in [0.3, 0.4) is 0 Å². The van der Waals surface area contributed by atoms with Crippen LogP contribution >= 0.6 is 11.3 Å². The molecule has 4 heterocycles. The molecule has 1 aromatic carbocycles. The maximum absolute atomic E-state index is 13.0. The molecule has 0 radical (unpaired) electrons. The molecule has 2 N–H and O–H groups in total. The van der Waals surface area contributed by atoms with Gasteiger partial charge in [-0.2, -0.15) is 18.4 Å². The molecule has 8 rings (SSSR count). The van der Waals surface area contributed by atoms with Crippen molar-refractivity contribution in [2.45, 2.75) is 109 Å². The number of amides is 1. The van der Waals surface area contributed by atoms with E-state index in [1.54, 1.807) is 6.07 Å². The zero-order chi connectivity index (χ0) is 34.8. The fourth-order valence-electron chi connectivity index (χ4n) is 8.27. The molecule has 4 fully saturated rings. The first-order valence-corrected chi connectivity index (χ1v) is 17.8. The van der Waals surface area contributed by atoms with E-state index in [4.69, 9.17) is 4.74 Å². The number of nitriles is 1. The summed E-state index contributed by atoms with van der Waals surface area (Å²) < 4.78 is 46.5. The van der Waals surface area contributed by atoms with Crippen LogP contribution in [-0.4, -0.2) is 62.0 Å². The average molecular weight is 694 g/mol. The Bertz CT molecular complexity index is 1930. The minimum Gasteiger partial charge on any atom is -0.444 e. The topological polar surface area (TPSA) is 108 Å². The Morgan fingerprint density at radius 2 is 1.86 bits per heavy atom. The Kier molecular flexibility index (Phi) is 8.34. The molecule has 9 nitrogen and oxygen atoms in total. The van der Waals surface area contributed by atoms with E-state index in [0.29, 0.717) is 21.7 Å². The lowest BCUT2D eigenvalue weighted by atomic mass is 9.38. The third-order valence-corrected chi connectivity index (χ3v) is 11.5. The lowest BCUT2D eigenvalue weighted by molar-refractivity contribution is -0.157. The molecule has 4 aromatic rings. The first-order chi connectivity index (χ1) is 23.1. The maximum Gasteiger partial charge on any atom is 0.408 e. The molecule has 3 aromatic heterocycles. The van der Waals surface area contributed by atoms with Gasteiger partial charge in [-0.05, 0) is 101 Å². The van der Waals surface area contributed by atoms with Gasteiger partial charge in [0.15, 0.2) is 0 Å². The number of anilines is 1. The normalized spacial score (nSPS) is 22.8. The SMILES string of the molecule is Cc1c(CN2CCC(Nc3ncnc4sc(CC(F)(F)F)cc34)CC2)ccc2c1cc(C#N)n2CCC12CC(NC(=O)OC(C)(C)C)(C1)C2. The van der Waals surface area contributed by atoms with Gasteiger partial charge < -0.3 is 19.9 Å². The van der Waals surface area contributed by atoms with Crippen LogP contribution in [0.15, 0.2) is 30.6 Å². The molecule has 0 atom stereocenters. The highest BCUT2D eigenvalue weighted by Crippen LogP contribution is 2.69. The van der Waals surface area contributed by atoms with Gasteiger partial charge in [-0.25, -0.2) is 14.8 Å². The highest BCUT2D eigenvalue weighted by molar-refractivity contribution is 7.18. The average Bonchev–Trinajstić information content (AvgIpc) is 3.55. The molecule has 4 aliphatic rings. The van der Waals surface area contributed by atoms with Gasteiger partial charge in [0.2, 0.25) is 0 Å². The van der Waals surface area contributed by atoms with Gasteiger partial charge in [-0.3, -0.25) is 4.90 Å². The molecule has 0 spiro atoms. The van der Waals surface area contributed by atoms with Gasteiger partial charge in [0.1, 0.15) is 34.3 Å². The third kappa shape index (κ3) is 6.95. The molecule has 0 unspecified atom stereocenters. The van der Waals surface area contributed by atoms with E-state index in [9.17, 15) is 23.2 Å². The van der Waals surface area contributed by atoms with Gasteiger partial charge in [0.25, 0.3) is 0 Å². The molecule has 3 aliphatic carbocycles. The number of alkyl carbamates (subject to hydrolysis) is 1. The Hall–Kier alpha value is -3.89. The number of hydrogen-bond donors (Lipinski definition) is 2. The number of halogens is 3. The van der Waals surface area contributed by atoms with Crippen molar-refractivity contribution in [2.75, 3.05) is 18.4 Å². The predicted octanol–water partition coefficient (Wildman–Crippen LogP) is 7.84. The largest absolute Gasteiger partial charge is 0.444 e. The number of aromatic nitrogens is 3. The van der Waals surface area contributed by atoms with Gasteiger partial charge in [0.05, 0.1) is 11.8 Å². The van der Waals surface area contributed by atoms with Gasteiger partial charge in [-0.15, -0.1) is 11.3 Å². The lowest BCUT2D eigenvalue weighted by Gasteiger charge is -2.70. The summed E-state index contributed by atoms with van der Waals surface area (Å²) in [6, 6.07) is 10.5. The number of ether oxygens (including phenoxy) is 1. The highest BCUT2D eigenvalue weighted by atomic mass is 32.1. The van der Waals surface area contributed by atoms with E-state index >= 15 is 0 Å². The number of aryl methyl sites for hydroxylation is 2. The second-order valence-electron chi connectivity index (χ2n) is 15.4. The van der Waals surface area contributed by atoms with Crippen LogP contribution in [0.2, 0.25) is 0 Å². The number of likely N-dealkylation sites (tertiary alicyclic amines) is 1. The number of carbonyl (C=O) groups excluding carboxylic acids is 1. The molecule has 2 bridgehead atoms. The van der Waals surface area contributed by atoms with Crippen LogP contribution in [-0.2, 0) is 24.2 Å². The second kappa shape index (κ2) is 12.2. The van der Waals surface area contributed by atoms with Gasteiger partial charge >= 0.3 is 12.3 Å². The van der Waals surface area contributed by atoms with E-state index in [1.165, 1.54) is 17.5 Å². The summed E-state index contributed by atoms with van der Waals surface area (Å²) in [5, 5.41) is 18.3. The Labute approximate surface area is 287 Å². The molecule has 260 valence electrons. The Balaban J connectivity index is 0.946. The zero-order valence-corrected chi connectivity index (χ0v) is 29.2. The number of piperidine rings is 1. The van der Waals surface area contributed by atoms with Crippen LogP contribution in [0.25, 0.3) is 21.1 Å². The molecule has 1 saturated heterocycles. The van der Waals surface area contributed by atoms with Crippen molar-refractivity contribution in [1.82, 2.24) is 24.8 Å². The second-order valence-corrected chi connectivity index (χ2v) is 16.5. The summed E-state index contributed by atoms with van der Waals surface area (Å²) in [6.45, 7) is 11.1. The molecule has 3 saturated carbocycles. The smallest absolute Gasteiger partial charge is 0.408 e.